The lowest BCUT2D eigenvalue weighted by atomic mass is 9.95. The Balaban J connectivity index is 1.38. The highest BCUT2D eigenvalue weighted by Crippen LogP contribution is 2.31. The molecule has 1 aromatic heterocycles. The maximum Gasteiger partial charge on any atom is 0.223 e. The number of likely N-dealkylation sites (tertiary alicyclic amines) is 1. The first-order chi connectivity index (χ1) is 11.7. The number of aromatic nitrogens is 1. The molecule has 5 heteroatoms. The van der Waals surface area contributed by atoms with Crippen LogP contribution in [0.5, 0.6) is 0 Å². The van der Waals surface area contributed by atoms with E-state index in [1.54, 1.807) is 0 Å². The number of amides is 1. The average molecular weight is 345 g/mol. The summed E-state index contributed by atoms with van der Waals surface area (Å²) in [6.45, 7) is 1.58. The Morgan fingerprint density at radius 1 is 1.29 bits per heavy atom. The van der Waals surface area contributed by atoms with E-state index in [4.69, 9.17) is 16.0 Å². The van der Waals surface area contributed by atoms with Gasteiger partial charge < -0.3 is 9.32 Å². The van der Waals surface area contributed by atoms with Crippen molar-refractivity contribution < 1.29 is 9.21 Å². The summed E-state index contributed by atoms with van der Waals surface area (Å²) < 4.78 is 5.88. The fraction of sp³-hybridized carbons (Fsp3) is 0.474. The van der Waals surface area contributed by atoms with Crippen molar-refractivity contribution in [1.29, 1.82) is 0 Å². The van der Waals surface area contributed by atoms with Gasteiger partial charge in [-0.05, 0) is 49.8 Å². The molecular weight excluding hydrogens is 324 g/mol. The quantitative estimate of drug-likeness (QED) is 0.768. The molecule has 24 heavy (non-hydrogen) atoms. The van der Waals surface area contributed by atoms with Crippen LogP contribution in [-0.4, -0.2) is 28.9 Å². The van der Waals surface area contributed by atoms with Gasteiger partial charge in [0.25, 0.3) is 0 Å². The second kappa shape index (κ2) is 6.60. The fourth-order valence-electron chi connectivity index (χ4n) is 3.69. The number of carbonyl (C=O) groups is 1. The predicted molar refractivity (Wildman–Crippen MR) is 94.1 cm³/mol. The van der Waals surface area contributed by atoms with Crippen molar-refractivity contribution in [3.05, 3.63) is 41.3 Å². The van der Waals surface area contributed by atoms with E-state index in [0.29, 0.717) is 17.4 Å². The first-order valence-corrected chi connectivity index (χ1v) is 9.07. The molecule has 4 rings (SSSR count). The lowest BCUT2D eigenvalue weighted by Gasteiger charge is -2.31. The van der Waals surface area contributed by atoms with Crippen molar-refractivity contribution in [2.75, 3.05) is 13.1 Å². The van der Waals surface area contributed by atoms with Crippen LogP contribution in [0.2, 0.25) is 5.02 Å². The Morgan fingerprint density at radius 3 is 2.88 bits per heavy atom. The van der Waals surface area contributed by atoms with Crippen molar-refractivity contribution in [2.24, 2.45) is 5.92 Å². The molecule has 4 nitrogen and oxygen atoms in total. The van der Waals surface area contributed by atoms with Gasteiger partial charge in [-0.1, -0.05) is 23.8 Å². The summed E-state index contributed by atoms with van der Waals surface area (Å²) in [4.78, 5) is 19.0. The summed E-state index contributed by atoms with van der Waals surface area (Å²) in [6, 6.07) is 5.51. The molecule has 0 N–H and O–H groups in total. The van der Waals surface area contributed by atoms with Crippen molar-refractivity contribution in [3.8, 4) is 0 Å². The van der Waals surface area contributed by atoms with Gasteiger partial charge in [-0.15, -0.1) is 0 Å². The van der Waals surface area contributed by atoms with Gasteiger partial charge in [0.15, 0.2) is 11.5 Å². The topological polar surface area (TPSA) is 46.3 Å². The Labute approximate surface area is 146 Å². The molecule has 0 spiro atoms. The van der Waals surface area contributed by atoms with Gasteiger partial charge in [-0.2, -0.15) is 0 Å². The molecule has 126 valence electrons. The molecule has 1 aromatic carbocycles. The molecular formula is C19H21ClN2O2. The molecule has 2 heterocycles. The number of hydrogen-bond donors (Lipinski definition) is 0. The molecule has 1 amide bonds. The number of piperidine rings is 1. The summed E-state index contributed by atoms with van der Waals surface area (Å²) in [6.07, 6.45) is 9.08. The van der Waals surface area contributed by atoms with Crippen LogP contribution in [0.25, 0.3) is 11.1 Å². The third-order valence-electron chi connectivity index (χ3n) is 5.11. The Hall–Kier alpha value is -1.81. The van der Waals surface area contributed by atoms with Crippen LogP contribution in [-0.2, 0) is 4.79 Å². The van der Waals surface area contributed by atoms with E-state index in [9.17, 15) is 4.79 Å². The summed E-state index contributed by atoms with van der Waals surface area (Å²) >= 11 is 6.01. The van der Waals surface area contributed by atoms with Gasteiger partial charge in [-0.25, -0.2) is 4.98 Å². The normalized spacial score (nSPS) is 21.7. The highest BCUT2D eigenvalue weighted by Gasteiger charge is 2.28. The molecule has 0 saturated carbocycles. The van der Waals surface area contributed by atoms with Crippen LogP contribution < -0.4 is 0 Å². The second-order valence-corrected chi connectivity index (χ2v) is 7.23. The van der Waals surface area contributed by atoms with E-state index in [1.807, 2.05) is 23.1 Å². The zero-order valence-electron chi connectivity index (χ0n) is 13.6. The van der Waals surface area contributed by atoms with Crippen molar-refractivity contribution in [2.45, 2.75) is 38.0 Å². The third kappa shape index (κ3) is 3.20. The van der Waals surface area contributed by atoms with E-state index < -0.39 is 0 Å². The second-order valence-electron chi connectivity index (χ2n) is 6.79. The molecule has 1 fully saturated rings. The summed E-state index contributed by atoms with van der Waals surface area (Å²) in [5.74, 6) is 1.79. The number of hydrogen-bond acceptors (Lipinski definition) is 3. The fourth-order valence-corrected chi connectivity index (χ4v) is 3.85. The SMILES string of the molecule is O=C(C[C@H]1C=CCC1)N1CCC(c2nc3cc(Cl)ccc3o2)CC1. The summed E-state index contributed by atoms with van der Waals surface area (Å²) in [5.41, 5.74) is 1.59. The van der Waals surface area contributed by atoms with Crippen molar-refractivity contribution in [1.82, 2.24) is 9.88 Å². The molecule has 2 aliphatic rings. The van der Waals surface area contributed by atoms with E-state index in [-0.39, 0.29) is 11.8 Å². The highest BCUT2D eigenvalue weighted by atomic mass is 35.5. The zero-order chi connectivity index (χ0) is 16.5. The molecule has 0 unspecified atom stereocenters. The van der Waals surface area contributed by atoms with E-state index in [1.165, 1.54) is 0 Å². The molecule has 1 aliphatic heterocycles. The number of rotatable bonds is 3. The maximum absolute atomic E-state index is 12.4. The van der Waals surface area contributed by atoms with Crippen LogP contribution in [0.1, 0.15) is 43.9 Å². The van der Waals surface area contributed by atoms with Gasteiger partial charge in [-0.3, -0.25) is 4.79 Å². The minimum absolute atomic E-state index is 0.284. The first-order valence-electron chi connectivity index (χ1n) is 8.69. The van der Waals surface area contributed by atoms with Gasteiger partial charge in [0.05, 0.1) is 0 Å². The van der Waals surface area contributed by atoms with Gasteiger partial charge >= 0.3 is 0 Å². The number of benzene rings is 1. The number of halogens is 1. The van der Waals surface area contributed by atoms with Crippen LogP contribution >= 0.6 is 11.6 Å². The highest BCUT2D eigenvalue weighted by molar-refractivity contribution is 6.31. The van der Waals surface area contributed by atoms with Crippen LogP contribution in [0, 0.1) is 5.92 Å². The predicted octanol–water partition coefficient (Wildman–Crippen LogP) is 4.54. The summed E-state index contributed by atoms with van der Waals surface area (Å²) in [5, 5.41) is 0.670. The smallest absolute Gasteiger partial charge is 0.223 e. The zero-order valence-corrected chi connectivity index (χ0v) is 14.3. The molecule has 1 aliphatic carbocycles. The van der Waals surface area contributed by atoms with Crippen LogP contribution in [0.3, 0.4) is 0 Å². The lowest BCUT2D eigenvalue weighted by Crippen LogP contribution is -2.38. The Kier molecular flexibility index (Phi) is 4.31. The number of fused-ring (bicyclic) bond motifs is 1. The molecule has 0 radical (unpaired) electrons. The molecule has 0 bridgehead atoms. The Bertz CT molecular complexity index is 775. The Morgan fingerprint density at radius 2 is 2.12 bits per heavy atom. The molecule has 1 atom stereocenters. The van der Waals surface area contributed by atoms with E-state index >= 15 is 0 Å². The molecule has 1 saturated heterocycles. The minimum atomic E-state index is 0.284. The van der Waals surface area contributed by atoms with Crippen LogP contribution in [0.15, 0.2) is 34.8 Å². The van der Waals surface area contributed by atoms with Gasteiger partial charge in [0, 0.05) is 30.5 Å². The number of allylic oxidation sites excluding steroid dienone is 2. The molecule has 2 aromatic rings. The van der Waals surface area contributed by atoms with Crippen molar-refractivity contribution >= 4 is 28.6 Å². The third-order valence-corrected chi connectivity index (χ3v) is 5.35. The monoisotopic (exact) mass is 344 g/mol. The van der Waals surface area contributed by atoms with Gasteiger partial charge in [0.1, 0.15) is 5.52 Å². The standard InChI is InChI=1S/C19H21ClN2O2/c20-15-5-6-17-16(12-15)21-19(24-17)14-7-9-22(10-8-14)18(23)11-13-3-1-2-4-13/h1,3,5-6,12-14H,2,4,7-11H2/t13-/m0/s1. The van der Waals surface area contributed by atoms with E-state index in [0.717, 1.165) is 55.8 Å². The first kappa shape index (κ1) is 15.7. The average Bonchev–Trinajstić information content (AvgIpc) is 3.24. The summed E-state index contributed by atoms with van der Waals surface area (Å²) in [7, 11) is 0. The number of oxazole rings is 1. The number of carbonyl (C=O) groups excluding carboxylic acids is 1. The number of nitrogens with zero attached hydrogens (tertiary/aromatic N) is 2. The lowest BCUT2D eigenvalue weighted by molar-refractivity contribution is -0.133. The van der Waals surface area contributed by atoms with E-state index in [2.05, 4.69) is 17.1 Å². The van der Waals surface area contributed by atoms with Gasteiger partial charge in [0.2, 0.25) is 5.91 Å². The van der Waals surface area contributed by atoms with Crippen molar-refractivity contribution in [3.63, 3.8) is 0 Å². The minimum Gasteiger partial charge on any atom is -0.440 e. The van der Waals surface area contributed by atoms with Crippen LogP contribution in [0.4, 0.5) is 0 Å². The maximum atomic E-state index is 12.4. The largest absolute Gasteiger partial charge is 0.440 e.